The molecule has 5 rings (SSSR count). The van der Waals surface area contributed by atoms with Gasteiger partial charge in [-0.1, -0.05) is 18.2 Å². The van der Waals surface area contributed by atoms with Gasteiger partial charge in [0.1, 0.15) is 0 Å². The number of ether oxygens (including phenoxy) is 2. The molecule has 2 saturated heterocycles. The van der Waals surface area contributed by atoms with Gasteiger partial charge in [-0.3, -0.25) is 10.3 Å². The quantitative estimate of drug-likeness (QED) is 0.713. The van der Waals surface area contributed by atoms with Crippen LogP contribution >= 0.6 is 0 Å². The number of fused-ring (bicyclic) bond motifs is 1. The van der Waals surface area contributed by atoms with Crippen molar-refractivity contribution in [3.63, 3.8) is 0 Å². The highest BCUT2D eigenvalue weighted by atomic mass is 19.4. The molecule has 12 heteroatoms. The van der Waals surface area contributed by atoms with Gasteiger partial charge in [0, 0.05) is 31.7 Å². The number of nitrogens with one attached hydrogen (secondary N) is 1. The zero-order valence-corrected chi connectivity index (χ0v) is 16.7. The van der Waals surface area contributed by atoms with Gasteiger partial charge < -0.3 is 19.3 Å². The predicted octanol–water partition coefficient (Wildman–Crippen LogP) is 1.27. The molecule has 166 valence electrons. The van der Waals surface area contributed by atoms with E-state index in [4.69, 9.17) is 14.5 Å². The highest BCUT2D eigenvalue weighted by Crippen LogP contribution is 2.37. The molecule has 0 saturated carbocycles. The first-order valence-corrected chi connectivity index (χ1v) is 10.1. The Kier molecular flexibility index (Phi) is 5.18. The number of hydrazone groups is 1. The topological polar surface area (TPSA) is 77.3 Å². The SMILES string of the molecule is FC(F)(F)c1ccccc1C1NN=C2N=C(N3CCOCC3)N=C(N3CCOCC3)N21. The van der Waals surface area contributed by atoms with Crippen molar-refractivity contribution in [2.24, 2.45) is 15.1 Å². The van der Waals surface area contributed by atoms with Crippen LogP contribution in [0, 0.1) is 0 Å². The van der Waals surface area contributed by atoms with Crippen LogP contribution < -0.4 is 5.43 Å². The number of nitrogens with zero attached hydrogens (tertiary/aromatic N) is 6. The summed E-state index contributed by atoms with van der Waals surface area (Å²) in [4.78, 5) is 15.0. The summed E-state index contributed by atoms with van der Waals surface area (Å²) in [7, 11) is 0. The third kappa shape index (κ3) is 3.81. The zero-order valence-electron chi connectivity index (χ0n) is 16.7. The van der Waals surface area contributed by atoms with E-state index in [9.17, 15) is 13.2 Å². The predicted molar refractivity (Wildman–Crippen MR) is 106 cm³/mol. The summed E-state index contributed by atoms with van der Waals surface area (Å²) in [6.07, 6.45) is -5.36. The number of guanidine groups is 3. The van der Waals surface area contributed by atoms with E-state index in [0.717, 1.165) is 6.07 Å². The number of hydrogen-bond donors (Lipinski definition) is 1. The average Bonchev–Trinajstić information content (AvgIpc) is 3.23. The molecule has 9 nitrogen and oxygen atoms in total. The van der Waals surface area contributed by atoms with Gasteiger partial charge in [0.05, 0.1) is 32.0 Å². The van der Waals surface area contributed by atoms with E-state index in [-0.39, 0.29) is 5.56 Å². The van der Waals surface area contributed by atoms with Gasteiger partial charge in [-0.25, -0.2) is 0 Å². The van der Waals surface area contributed by atoms with Gasteiger partial charge in [-0.2, -0.15) is 23.2 Å². The van der Waals surface area contributed by atoms with Crippen molar-refractivity contribution >= 4 is 17.9 Å². The molecule has 4 aliphatic rings. The molecule has 1 aromatic carbocycles. The lowest BCUT2D eigenvalue weighted by molar-refractivity contribution is -0.138. The van der Waals surface area contributed by atoms with Crippen LogP contribution in [0.1, 0.15) is 17.3 Å². The van der Waals surface area contributed by atoms with Crippen LogP contribution in [-0.2, 0) is 15.7 Å². The van der Waals surface area contributed by atoms with Crippen molar-refractivity contribution in [3.8, 4) is 0 Å². The second-order valence-electron chi connectivity index (χ2n) is 7.42. The van der Waals surface area contributed by atoms with E-state index < -0.39 is 17.9 Å². The van der Waals surface area contributed by atoms with Gasteiger partial charge >= 0.3 is 6.18 Å². The van der Waals surface area contributed by atoms with Crippen LogP contribution in [0.3, 0.4) is 0 Å². The highest BCUT2D eigenvalue weighted by molar-refractivity contribution is 6.12. The maximum atomic E-state index is 13.7. The standard InChI is InChI=1S/C19H22F3N7O2/c20-19(21,22)14-4-2-1-3-13(14)15-25-26-17-23-16(27-5-9-30-10-6-27)24-18(29(15)17)28-7-11-31-12-8-28/h1-4,15,25H,5-12H2. The van der Waals surface area contributed by atoms with Crippen LogP contribution in [0.4, 0.5) is 13.2 Å². The molecule has 31 heavy (non-hydrogen) atoms. The highest BCUT2D eigenvalue weighted by Gasteiger charge is 2.43. The van der Waals surface area contributed by atoms with Gasteiger partial charge in [0.15, 0.2) is 6.17 Å². The van der Waals surface area contributed by atoms with E-state index in [1.807, 2.05) is 9.80 Å². The molecule has 2 fully saturated rings. The van der Waals surface area contributed by atoms with Gasteiger partial charge in [0.25, 0.3) is 5.96 Å². The Morgan fingerprint density at radius 3 is 2.19 bits per heavy atom. The minimum atomic E-state index is -4.49. The Bertz CT molecular complexity index is 921. The summed E-state index contributed by atoms with van der Waals surface area (Å²) in [5.74, 6) is 1.30. The Hall–Kier alpha value is -2.86. The van der Waals surface area contributed by atoms with Crippen LogP contribution in [0.2, 0.25) is 0 Å². The molecule has 1 atom stereocenters. The maximum absolute atomic E-state index is 13.7. The fourth-order valence-electron chi connectivity index (χ4n) is 3.98. The van der Waals surface area contributed by atoms with Crippen molar-refractivity contribution in [2.45, 2.75) is 12.3 Å². The van der Waals surface area contributed by atoms with Crippen molar-refractivity contribution in [2.75, 3.05) is 52.6 Å². The molecule has 0 aromatic heterocycles. The molecule has 1 aromatic rings. The van der Waals surface area contributed by atoms with Crippen LogP contribution in [0.15, 0.2) is 39.4 Å². The number of rotatable bonds is 1. The minimum absolute atomic E-state index is 0.0692. The number of hydrogen-bond acceptors (Lipinski definition) is 9. The van der Waals surface area contributed by atoms with Gasteiger partial charge in [0.2, 0.25) is 11.9 Å². The van der Waals surface area contributed by atoms with E-state index in [0.29, 0.717) is 70.5 Å². The fourth-order valence-corrected chi connectivity index (χ4v) is 3.98. The lowest BCUT2D eigenvalue weighted by Gasteiger charge is -2.39. The third-order valence-corrected chi connectivity index (χ3v) is 5.52. The number of aliphatic imine (C=N–C) groups is 2. The van der Waals surface area contributed by atoms with Crippen LogP contribution in [-0.4, -0.2) is 85.2 Å². The normalized spacial score (nSPS) is 24.3. The Balaban J connectivity index is 1.53. The van der Waals surface area contributed by atoms with E-state index >= 15 is 0 Å². The van der Waals surface area contributed by atoms with Gasteiger partial charge in [-0.15, -0.1) is 5.10 Å². The Morgan fingerprint density at radius 1 is 0.871 bits per heavy atom. The molecular formula is C19H22F3N7O2. The van der Waals surface area contributed by atoms with Crippen molar-refractivity contribution < 1.29 is 22.6 Å². The Morgan fingerprint density at radius 2 is 1.52 bits per heavy atom. The third-order valence-electron chi connectivity index (χ3n) is 5.52. The largest absolute Gasteiger partial charge is 0.416 e. The second-order valence-corrected chi connectivity index (χ2v) is 7.42. The monoisotopic (exact) mass is 437 g/mol. The summed E-state index contributed by atoms with van der Waals surface area (Å²) >= 11 is 0. The van der Waals surface area contributed by atoms with Crippen LogP contribution in [0.25, 0.3) is 0 Å². The second kappa shape index (κ2) is 8.00. The van der Waals surface area contributed by atoms with E-state index in [1.54, 1.807) is 11.0 Å². The molecule has 0 spiro atoms. The number of benzene rings is 1. The molecular weight excluding hydrogens is 415 g/mol. The molecule has 4 aliphatic heterocycles. The molecule has 0 amide bonds. The first-order chi connectivity index (χ1) is 15.0. The molecule has 0 radical (unpaired) electrons. The minimum Gasteiger partial charge on any atom is -0.378 e. The maximum Gasteiger partial charge on any atom is 0.416 e. The zero-order chi connectivity index (χ0) is 21.4. The molecule has 0 bridgehead atoms. The smallest absolute Gasteiger partial charge is 0.378 e. The summed E-state index contributed by atoms with van der Waals surface area (Å²) in [5, 5.41) is 4.27. The molecule has 4 heterocycles. The summed E-state index contributed by atoms with van der Waals surface area (Å²) in [6.45, 7) is 4.59. The summed E-state index contributed by atoms with van der Waals surface area (Å²) < 4.78 is 51.9. The lowest BCUT2D eigenvalue weighted by Crippen LogP contribution is -2.55. The molecule has 0 aliphatic carbocycles. The molecule has 1 unspecified atom stereocenters. The molecule has 1 N–H and O–H groups in total. The van der Waals surface area contributed by atoms with Crippen molar-refractivity contribution in [3.05, 3.63) is 35.4 Å². The van der Waals surface area contributed by atoms with Crippen molar-refractivity contribution in [1.29, 1.82) is 0 Å². The summed E-state index contributed by atoms with van der Waals surface area (Å²) in [6, 6.07) is 5.50. The summed E-state index contributed by atoms with van der Waals surface area (Å²) in [5.41, 5.74) is 2.20. The van der Waals surface area contributed by atoms with Crippen molar-refractivity contribution in [1.82, 2.24) is 20.1 Å². The lowest BCUT2D eigenvalue weighted by atomic mass is 10.0. The van der Waals surface area contributed by atoms with E-state index in [2.05, 4.69) is 15.5 Å². The Labute approximate surface area is 176 Å². The fraction of sp³-hybridized carbons (Fsp3) is 0.526. The number of morpholine rings is 2. The average molecular weight is 437 g/mol. The number of alkyl halides is 3. The first-order valence-electron chi connectivity index (χ1n) is 10.1. The number of halogens is 3. The van der Waals surface area contributed by atoms with E-state index in [1.165, 1.54) is 12.1 Å². The first kappa shape index (κ1) is 20.1. The van der Waals surface area contributed by atoms with Crippen LogP contribution in [0.5, 0.6) is 0 Å². The van der Waals surface area contributed by atoms with Gasteiger partial charge in [-0.05, 0) is 6.07 Å².